The lowest BCUT2D eigenvalue weighted by Gasteiger charge is -2.35. The fourth-order valence-corrected chi connectivity index (χ4v) is 4.18. The molecule has 2 aliphatic heterocycles. The molecular weight excluding hydrogens is 368 g/mol. The first kappa shape index (κ1) is 19.4. The molecule has 0 bridgehead atoms. The zero-order valence-electron chi connectivity index (χ0n) is 16.9. The van der Waals surface area contributed by atoms with Crippen molar-refractivity contribution in [3.8, 4) is 5.75 Å². The topological polar surface area (TPSA) is 75.6 Å². The third-order valence-electron chi connectivity index (χ3n) is 5.80. The number of ether oxygens (including phenoxy) is 1. The summed E-state index contributed by atoms with van der Waals surface area (Å²) in [5.41, 5.74) is 2.55. The van der Waals surface area contributed by atoms with Gasteiger partial charge in [0.15, 0.2) is 5.82 Å². The van der Waals surface area contributed by atoms with Gasteiger partial charge in [-0.05, 0) is 31.4 Å². The first-order valence-corrected chi connectivity index (χ1v) is 10.1. The second-order valence-corrected chi connectivity index (χ2v) is 7.60. The number of hydrogen-bond acceptors (Lipinski definition) is 5. The number of carbonyl (C=O) groups excluding carboxylic acids is 2. The molecule has 7 nitrogen and oxygen atoms in total. The highest BCUT2D eigenvalue weighted by atomic mass is 16.5. The molecule has 29 heavy (non-hydrogen) atoms. The maximum absolute atomic E-state index is 13.3. The maximum atomic E-state index is 13.3. The van der Waals surface area contributed by atoms with Gasteiger partial charge in [-0.1, -0.05) is 12.1 Å². The Kier molecular flexibility index (Phi) is 5.47. The van der Waals surface area contributed by atoms with Crippen LogP contribution in [-0.2, 0) is 17.8 Å². The molecule has 152 valence electrons. The number of benzene rings is 1. The van der Waals surface area contributed by atoms with Crippen LogP contribution < -0.4 is 4.74 Å². The first-order chi connectivity index (χ1) is 14.1. The summed E-state index contributed by atoms with van der Waals surface area (Å²) < 4.78 is 5.39. The quantitative estimate of drug-likeness (QED) is 0.800. The van der Waals surface area contributed by atoms with Gasteiger partial charge in [0.2, 0.25) is 5.91 Å². The normalized spacial score (nSPS) is 18.9. The van der Waals surface area contributed by atoms with E-state index >= 15 is 0 Å². The number of amides is 2. The van der Waals surface area contributed by atoms with Crippen molar-refractivity contribution in [1.82, 2.24) is 19.8 Å². The Morgan fingerprint density at radius 2 is 2.00 bits per heavy atom. The summed E-state index contributed by atoms with van der Waals surface area (Å²) in [5, 5.41) is 0. The number of nitrogens with zero attached hydrogens (tertiary/aromatic N) is 4. The van der Waals surface area contributed by atoms with Crippen molar-refractivity contribution >= 4 is 11.8 Å². The van der Waals surface area contributed by atoms with Crippen molar-refractivity contribution in [3.63, 3.8) is 0 Å². The van der Waals surface area contributed by atoms with E-state index in [-0.39, 0.29) is 17.9 Å². The Bertz CT molecular complexity index is 930. The van der Waals surface area contributed by atoms with Gasteiger partial charge in [0, 0.05) is 44.7 Å². The van der Waals surface area contributed by atoms with Crippen LogP contribution in [0.4, 0.5) is 0 Å². The maximum Gasteiger partial charge on any atom is 0.258 e. The molecule has 7 heteroatoms. The van der Waals surface area contributed by atoms with Crippen LogP contribution in [0.3, 0.4) is 0 Å². The van der Waals surface area contributed by atoms with Gasteiger partial charge in [-0.3, -0.25) is 9.59 Å². The van der Waals surface area contributed by atoms with Crippen LogP contribution in [0.2, 0.25) is 0 Å². The van der Waals surface area contributed by atoms with E-state index < -0.39 is 0 Å². The van der Waals surface area contributed by atoms with E-state index in [1.807, 2.05) is 34.2 Å². The summed E-state index contributed by atoms with van der Waals surface area (Å²) in [7, 11) is 1.58. The van der Waals surface area contributed by atoms with Crippen LogP contribution >= 0.6 is 0 Å². The number of para-hydroxylation sites is 1. The lowest BCUT2D eigenvalue weighted by molar-refractivity contribution is -0.129. The van der Waals surface area contributed by atoms with Crippen molar-refractivity contribution in [2.75, 3.05) is 20.2 Å². The van der Waals surface area contributed by atoms with Gasteiger partial charge in [0.25, 0.3) is 5.91 Å². The average Bonchev–Trinajstić information content (AvgIpc) is 2.77. The van der Waals surface area contributed by atoms with Crippen LogP contribution in [0.25, 0.3) is 0 Å². The average molecular weight is 394 g/mol. The lowest BCUT2D eigenvalue weighted by atomic mass is 9.99. The highest BCUT2D eigenvalue weighted by Crippen LogP contribution is 2.32. The third-order valence-corrected chi connectivity index (χ3v) is 5.80. The molecule has 0 N–H and O–H groups in total. The molecule has 3 heterocycles. The Morgan fingerprint density at radius 1 is 1.17 bits per heavy atom. The molecule has 2 aromatic rings. The molecule has 4 rings (SSSR count). The number of rotatable bonds is 3. The van der Waals surface area contributed by atoms with Crippen LogP contribution in [0.1, 0.15) is 59.7 Å². The van der Waals surface area contributed by atoms with Crippen molar-refractivity contribution < 1.29 is 14.3 Å². The second kappa shape index (κ2) is 8.19. The SMILES string of the molecule is COc1ccccc1C(=O)N1CCCC[C@H]1c1ncc2c(n1)CCN(C(C)=O)C2. The fraction of sp³-hybridized carbons (Fsp3) is 0.455. The Labute approximate surface area is 170 Å². The van der Waals surface area contributed by atoms with Gasteiger partial charge < -0.3 is 14.5 Å². The molecule has 0 unspecified atom stereocenters. The van der Waals surface area contributed by atoms with E-state index in [1.54, 1.807) is 20.1 Å². The van der Waals surface area contributed by atoms with E-state index in [2.05, 4.69) is 4.98 Å². The summed E-state index contributed by atoms with van der Waals surface area (Å²) >= 11 is 0. The van der Waals surface area contributed by atoms with Gasteiger partial charge in [-0.25, -0.2) is 9.97 Å². The number of methoxy groups -OCH3 is 1. The zero-order chi connectivity index (χ0) is 20.4. The Hall–Kier alpha value is -2.96. The number of aromatic nitrogens is 2. The first-order valence-electron chi connectivity index (χ1n) is 10.1. The fourth-order valence-electron chi connectivity index (χ4n) is 4.18. The van der Waals surface area contributed by atoms with Gasteiger partial charge in [-0.2, -0.15) is 0 Å². The summed E-state index contributed by atoms with van der Waals surface area (Å²) in [6.07, 6.45) is 5.40. The smallest absolute Gasteiger partial charge is 0.258 e. The van der Waals surface area contributed by atoms with Crippen LogP contribution in [0, 0.1) is 0 Å². The molecule has 1 atom stereocenters. The predicted octanol–water partition coefficient (Wildman–Crippen LogP) is 2.76. The molecule has 2 aliphatic rings. The van der Waals surface area contributed by atoms with E-state index in [1.165, 1.54) is 0 Å². The predicted molar refractivity (Wildman–Crippen MR) is 107 cm³/mol. The Morgan fingerprint density at radius 3 is 2.79 bits per heavy atom. The van der Waals surface area contributed by atoms with Crippen LogP contribution in [-0.4, -0.2) is 51.8 Å². The van der Waals surface area contributed by atoms with Gasteiger partial charge in [0.05, 0.1) is 24.4 Å². The molecule has 2 amide bonds. The number of hydrogen-bond donors (Lipinski definition) is 0. The highest BCUT2D eigenvalue weighted by Gasteiger charge is 2.32. The minimum atomic E-state index is -0.141. The van der Waals surface area contributed by atoms with Crippen molar-refractivity contribution in [2.24, 2.45) is 0 Å². The summed E-state index contributed by atoms with van der Waals surface area (Å²) in [6, 6.07) is 7.18. The second-order valence-electron chi connectivity index (χ2n) is 7.60. The number of carbonyl (C=O) groups is 2. The number of fused-ring (bicyclic) bond motifs is 1. The van der Waals surface area contributed by atoms with Crippen LogP contribution in [0.15, 0.2) is 30.5 Å². The number of likely N-dealkylation sites (tertiary alicyclic amines) is 1. The van der Waals surface area contributed by atoms with Gasteiger partial charge >= 0.3 is 0 Å². The lowest BCUT2D eigenvalue weighted by Crippen LogP contribution is -2.40. The Balaban J connectivity index is 1.61. The van der Waals surface area contributed by atoms with Crippen molar-refractivity contribution in [1.29, 1.82) is 0 Å². The zero-order valence-corrected chi connectivity index (χ0v) is 16.9. The van der Waals surface area contributed by atoms with E-state index in [0.717, 1.165) is 36.9 Å². The standard InChI is InChI=1S/C22H26N4O3/c1-15(27)25-12-10-18-16(14-25)13-23-21(24-18)19-8-5-6-11-26(19)22(28)17-7-3-4-9-20(17)29-2/h3-4,7,9,13,19H,5-6,8,10-12,14H2,1-2H3/t19-/m0/s1. The van der Waals surface area contributed by atoms with E-state index in [4.69, 9.17) is 9.72 Å². The monoisotopic (exact) mass is 394 g/mol. The highest BCUT2D eigenvalue weighted by molar-refractivity contribution is 5.97. The molecular formula is C22H26N4O3. The summed E-state index contributed by atoms with van der Waals surface area (Å²) in [6.45, 7) is 3.50. The number of piperidine rings is 1. The summed E-state index contributed by atoms with van der Waals surface area (Å²) in [5.74, 6) is 1.30. The molecule has 1 saturated heterocycles. The largest absolute Gasteiger partial charge is 0.496 e. The molecule has 0 spiro atoms. The van der Waals surface area contributed by atoms with Gasteiger partial charge in [0.1, 0.15) is 5.75 Å². The minimum Gasteiger partial charge on any atom is -0.496 e. The molecule has 0 radical (unpaired) electrons. The molecule has 1 aromatic heterocycles. The van der Waals surface area contributed by atoms with E-state index in [0.29, 0.717) is 36.8 Å². The molecule has 0 aliphatic carbocycles. The molecule has 1 fully saturated rings. The summed E-state index contributed by atoms with van der Waals surface area (Å²) in [4.78, 5) is 38.1. The van der Waals surface area contributed by atoms with Crippen molar-refractivity contribution in [2.45, 2.75) is 45.2 Å². The van der Waals surface area contributed by atoms with Crippen LogP contribution in [0.5, 0.6) is 5.75 Å². The third kappa shape index (κ3) is 3.81. The minimum absolute atomic E-state index is 0.0452. The van der Waals surface area contributed by atoms with E-state index in [9.17, 15) is 9.59 Å². The van der Waals surface area contributed by atoms with Crippen molar-refractivity contribution in [3.05, 3.63) is 53.1 Å². The molecule has 1 aromatic carbocycles. The molecule has 0 saturated carbocycles. The van der Waals surface area contributed by atoms with Gasteiger partial charge in [-0.15, -0.1) is 0 Å².